The molecular weight excluding hydrogens is 428 g/mol. The quantitative estimate of drug-likeness (QED) is 0.331. The number of fused-ring (bicyclic) bond motifs is 1. The van der Waals surface area contributed by atoms with Crippen LogP contribution in [0.4, 0.5) is 0 Å². The van der Waals surface area contributed by atoms with Crippen LogP contribution in [0.15, 0.2) is 66.4 Å². The fourth-order valence-electron chi connectivity index (χ4n) is 3.41. The molecule has 3 aromatic carbocycles. The zero-order valence-electron chi connectivity index (χ0n) is 17.7. The van der Waals surface area contributed by atoms with Gasteiger partial charge < -0.3 is 14.2 Å². The van der Waals surface area contributed by atoms with E-state index in [1.165, 1.54) is 0 Å². The van der Waals surface area contributed by atoms with E-state index in [9.17, 15) is 9.59 Å². The first-order valence-electron chi connectivity index (χ1n) is 10.2. The minimum absolute atomic E-state index is 0.139. The number of ketones is 2. The van der Waals surface area contributed by atoms with Crippen molar-refractivity contribution in [3.63, 3.8) is 0 Å². The standard InChI is InChI=1S/C26H21ClO5/c1-3-30-23-7-5-4-6-18(23)14-24-25(29)20-12-13-22(16(2)26(20)32-24)31-15-21(28)17-8-10-19(27)11-9-17/h4-14H,3,15H2,1-2H3/b24-14-. The zero-order chi connectivity index (χ0) is 22.7. The lowest BCUT2D eigenvalue weighted by atomic mass is 10.1. The van der Waals surface area contributed by atoms with Crippen LogP contribution in [0.25, 0.3) is 6.08 Å². The number of hydrogen-bond acceptors (Lipinski definition) is 5. The minimum Gasteiger partial charge on any atom is -0.493 e. The maximum absolute atomic E-state index is 12.9. The van der Waals surface area contributed by atoms with Gasteiger partial charge in [-0.1, -0.05) is 29.8 Å². The van der Waals surface area contributed by atoms with Gasteiger partial charge >= 0.3 is 0 Å². The summed E-state index contributed by atoms with van der Waals surface area (Å²) < 4.78 is 17.3. The van der Waals surface area contributed by atoms with E-state index in [-0.39, 0.29) is 23.9 Å². The van der Waals surface area contributed by atoms with E-state index in [0.717, 1.165) is 5.56 Å². The first-order chi connectivity index (χ1) is 15.5. The fourth-order valence-corrected chi connectivity index (χ4v) is 3.54. The summed E-state index contributed by atoms with van der Waals surface area (Å²) in [7, 11) is 0. The molecule has 6 heteroatoms. The Labute approximate surface area is 191 Å². The molecule has 162 valence electrons. The van der Waals surface area contributed by atoms with Gasteiger partial charge in [-0.2, -0.15) is 0 Å². The highest BCUT2D eigenvalue weighted by Crippen LogP contribution is 2.39. The molecule has 1 heterocycles. The number of hydrogen-bond donors (Lipinski definition) is 0. The Balaban J connectivity index is 1.54. The lowest BCUT2D eigenvalue weighted by Crippen LogP contribution is -2.12. The predicted octanol–water partition coefficient (Wildman–Crippen LogP) is 5.93. The molecule has 0 aromatic heterocycles. The lowest BCUT2D eigenvalue weighted by molar-refractivity contribution is 0.0920. The van der Waals surface area contributed by atoms with Gasteiger partial charge in [-0.15, -0.1) is 0 Å². The molecule has 3 aromatic rings. The third-order valence-corrected chi connectivity index (χ3v) is 5.32. The van der Waals surface area contributed by atoms with E-state index in [1.807, 2.05) is 31.2 Å². The van der Waals surface area contributed by atoms with E-state index < -0.39 is 0 Å². The van der Waals surface area contributed by atoms with E-state index in [1.54, 1.807) is 49.4 Å². The van der Waals surface area contributed by atoms with Crippen molar-refractivity contribution in [2.24, 2.45) is 0 Å². The molecular formula is C26H21ClO5. The Morgan fingerprint density at radius 3 is 2.50 bits per heavy atom. The molecule has 0 bridgehead atoms. The van der Waals surface area contributed by atoms with E-state index in [0.29, 0.717) is 45.6 Å². The van der Waals surface area contributed by atoms with Crippen LogP contribution in [0.3, 0.4) is 0 Å². The smallest absolute Gasteiger partial charge is 0.231 e. The highest BCUT2D eigenvalue weighted by atomic mass is 35.5. The third kappa shape index (κ3) is 4.39. The van der Waals surface area contributed by atoms with Gasteiger partial charge in [0.05, 0.1) is 12.2 Å². The van der Waals surface area contributed by atoms with Gasteiger partial charge in [-0.05, 0) is 62.4 Å². The van der Waals surface area contributed by atoms with Crippen LogP contribution in [0.2, 0.25) is 5.02 Å². The van der Waals surface area contributed by atoms with Crippen LogP contribution < -0.4 is 14.2 Å². The number of rotatable bonds is 7. The van der Waals surface area contributed by atoms with Crippen LogP contribution in [0.5, 0.6) is 17.2 Å². The average molecular weight is 449 g/mol. The highest BCUT2D eigenvalue weighted by molar-refractivity contribution is 6.30. The normalized spacial score (nSPS) is 13.6. The summed E-state index contributed by atoms with van der Waals surface area (Å²) in [6, 6.07) is 17.4. The number of carbonyl (C=O) groups excluding carboxylic acids is 2. The molecule has 0 radical (unpaired) electrons. The van der Waals surface area contributed by atoms with Crippen molar-refractivity contribution < 1.29 is 23.8 Å². The second kappa shape index (κ2) is 9.28. The molecule has 0 N–H and O–H groups in total. The zero-order valence-corrected chi connectivity index (χ0v) is 18.4. The Hall–Kier alpha value is -3.57. The summed E-state index contributed by atoms with van der Waals surface area (Å²) >= 11 is 5.87. The van der Waals surface area contributed by atoms with Gasteiger partial charge in [-0.3, -0.25) is 9.59 Å². The Kier molecular flexibility index (Phi) is 6.28. The average Bonchev–Trinajstić information content (AvgIpc) is 3.11. The summed E-state index contributed by atoms with van der Waals surface area (Å²) in [5.74, 6) is 1.42. The van der Waals surface area contributed by atoms with Crippen LogP contribution >= 0.6 is 11.6 Å². The molecule has 0 fully saturated rings. The molecule has 1 aliphatic rings. The Morgan fingerprint density at radius 2 is 1.75 bits per heavy atom. The summed E-state index contributed by atoms with van der Waals surface area (Å²) in [6.07, 6.45) is 1.68. The van der Waals surface area contributed by atoms with Gasteiger partial charge in [0.25, 0.3) is 0 Å². The van der Waals surface area contributed by atoms with Crippen molar-refractivity contribution in [3.05, 3.63) is 93.7 Å². The van der Waals surface area contributed by atoms with E-state index in [4.69, 9.17) is 25.8 Å². The molecule has 0 atom stereocenters. The van der Waals surface area contributed by atoms with Gasteiger partial charge in [0, 0.05) is 21.7 Å². The molecule has 32 heavy (non-hydrogen) atoms. The van der Waals surface area contributed by atoms with Crippen LogP contribution in [0, 0.1) is 6.92 Å². The number of ether oxygens (including phenoxy) is 3. The summed E-state index contributed by atoms with van der Waals surface area (Å²) in [5, 5.41) is 0.562. The molecule has 0 aliphatic carbocycles. The largest absolute Gasteiger partial charge is 0.493 e. The number of benzene rings is 3. The third-order valence-electron chi connectivity index (χ3n) is 5.07. The van der Waals surface area contributed by atoms with Gasteiger partial charge in [0.2, 0.25) is 5.78 Å². The van der Waals surface area contributed by atoms with Crippen molar-refractivity contribution in [2.45, 2.75) is 13.8 Å². The van der Waals surface area contributed by atoms with Crippen LogP contribution in [-0.4, -0.2) is 24.8 Å². The topological polar surface area (TPSA) is 61.8 Å². The van der Waals surface area contributed by atoms with Crippen molar-refractivity contribution in [2.75, 3.05) is 13.2 Å². The number of halogens is 1. The summed E-state index contributed by atoms with van der Waals surface area (Å²) in [6.45, 7) is 4.08. The van der Waals surface area contributed by atoms with Crippen molar-refractivity contribution in [3.8, 4) is 17.2 Å². The molecule has 0 unspecified atom stereocenters. The van der Waals surface area contributed by atoms with Crippen LogP contribution in [-0.2, 0) is 0 Å². The summed E-state index contributed by atoms with van der Waals surface area (Å²) in [5.41, 5.74) is 2.38. The molecule has 1 aliphatic heterocycles. The van der Waals surface area contributed by atoms with E-state index >= 15 is 0 Å². The molecule has 0 spiro atoms. The highest BCUT2D eigenvalue weighted by Gasteiger charge is 2.30. The van der Waals surface area contributed by atoms with Crippen molar-refractivity contribution in [1.29, 1.82) is 0 Å². The van der Waals surface area contributed by atoms with Gasteiger partial charge in [0.1, 0.15) is 17.2 Å². The number of para-hydroxylation sites is 1. The maximum atomic E-state index is 12.9. The first-order valence-corrected chi connectivity index (χ1v) is 10.6. The molecule has 5 nitrogen and oxygen atoms in total. The van der Waals surface area contributed by atoms with Gasteiger partial charge in [-0.25, -0.2) is 0 Å². The molecule has 0 saturated carbocycles. The monoisotopic (exact) mass is 448 g/mol. The lowest BCUT2D eigenvalue weighted by Gasteiger charge is -2.11. The molecule has 0 saturated heterocycles. The van der Waals surface area contributed by atoms with Gasteiger partial charge in [0.15, 0.2) is 18.1 Å². The minimum atomic E-state index is -0.210. The number of allylic oxidation sites excluding steroid dienone is 1. The van der Waals surface area contributed by atoms with E-state index in [2.05, 4.69) is 0 Å². The second-order valence-electron chi connectivity index (χ2n) is 7.19. The predicted molar refractivity (Wildman–Crippen MR) is 123 cm³/mol. The Bertz CT molecular complexity index is 1210. The molecule has 4 rings (SSSR count). The SMILES string of the molecule is CCOc1ccccc1/C=C1\Oc2c(ccc(OCC(=O)c3ccc(Cl)cc3)c2C)C1=O. The second-order valence-corrected chi connectivity index (χ2v) is 7.63. The van der Waals surface area contributed by atoms with Crippen LogP contribution in [0.1, 0.15) is 38.8 Å². The van der Waals surface area contributed by atoms with Crippen molar-refractivity contribution >= 4 is 29.2 Å². The number of carbonyl (C=O) groups is 2. The summed E-state index contributed by atoms with van der Waals surface area (Å²) in [4.78, 5) is 25.3. The first kappa shape index (κ1) is 21.7. The fraction of sp³-hybridized carbons (Fsp3) is 0.154. The van der Waals surface area contributed by atoms with Crippen molar-refractivity contribution in [1.82, 2.24) is 0 Å². The number of Topliss-reactive ketones (excluding diaryl/α,β-unsaturated/α-hetero) is 2. The maximum Gasteiger partial charge on any atom is 0.231 e. The Morgan fingerprint density at radius 1 is 1.00 bits per heavy atom. The molecule has 0 amide bonds.